The van der Waals surface area contributed by atoms with Crippen LogP contribution < -0.4 is 5.32 Å². The molecule has 1 N–H and O–H groups in total. The van der Waals surface area contributed by atoms with Gasteiger partial charge in [0.25, 0.3) is 0 Å². The zero-order chi connectivity index (χ0) is 14.8. The number of halogens is 3. The lowest BCUT2D eigenvalue weighted by Crippen LogP contribution is -2.33. The molecular weight excluding hydrogens is 296 g/mol. The first-order valence-corrected chi connectivity index (χ1v) is 7.68. The zero-order valence-corrected chi connectivity index (χ0v) is 12.5. The van der Waals surface area contributed by atoms with Gasteiger partial charge in [-0.05, 0) is 26.8 Å². The van der Waals surface area contributed by atoms with Crippen molar-refractivity contribution in [3.05, 3.63) is 28.8 Å². The molecule has 0 saturated carbocycles. The van der Waals surface area contributed by atoms with E-state index in [0.717, 1.165) is 6.07 Å². The van der Waals surface area contributed by atoms with E-state index in [2.05, 4.69) is 5.32 Å². The second-order valence-corrected chi connectivity index (χ2v) is 8.37. The van der Waals surface area contributed by atoms with Crippen molar-refractivity contribution in [3.8, 4) is 0 Å². The third-order valence-electron chi connectivity index (χ3n) is 2.61. The fourth-order valence-electron chi connectivity index (χ4n) is 1.33. The summed E-state index contributed by atoms with van der Waals surface area (Å²) in [6.45, 7) is 4.78. The van der Waals surface area contributed by atoms with Crippen LogP contribution in [0.2, 0.25) is 5.02 Å². The number of sulfone groups is 1. The highest BCUT2D eigenvalue weighted by Crippen LogP contribution is 2.26. The monoisotopic (exact) mass is 311 g/mol. The molecule has 1 aromatic carbocycles. The van der Waals surface area contributed by atoms with Crippen molar-refractivity contribution < 1.29 is 17.2 Å². The van der Waals surface area contributed by atoms with Crippen molar-refractivity contribution in [3.63, 3.8) is 0 Å². The van der Waals surface area contributed by atoms with Gasteiger partial charge in [0.15, 0.2) is 15.7 Å². The fraction of sp³-hybridized carbons (Fsp3) is 0.500. The Morgan fingerprint density at radius 2 is 1.84 bits per heavy atom. The normalized spacial score (nSPS) is 12.5. The molecule has 0 heterocycles. The Morgan fingerprint density at radius 3 is 2.32 bits per heavy atom. The van der Waals surface area contributed by atoms with Crippen molar-refractivity contribution in [1.29, 1.82) is 0 Å². The highest BCUT2D eigenvalue weighted by atomic mass is 35.5. The first-order valence-electron chi connectivity index (χ1n) is 5.65. The standard InChI is InChI=1S/C12H16ClF2NO2S/c1-12(2,3)19(17,18)5-4-16-11-9(13)6-8(14)7-10(11)15/h6-7,16H,4-5H2,1-3H3. The number of rotatable bonds is 4. The molecule has 7 heteroatoms. The topological polar surface area (TPSA) is 46.2 Å². The first kappa shape index (κ1) is 16.2. The van der Waals surface area contributed by atoms with Crippen molar-refractivity contribution >= 4 is 27.1 Å². The van der Waals surface area contributed by atoms with Crippen LogP contribution in [0.3, 0.4) is 0 Å². The summed E-state index contributed by atoms with van der Waals surface area (Å²) in [5.74, 6) is -1.79. The molecule has 0 fully saturated rings. The summed E-state index contributed by atoms with van der Waals surface area (Å²) >= 11 is 5.68. The molecule has 0 aromatic heterocycles. The Bertz CT molecular complexity index is 545. The maximum absolute atomic E-state index is 13.4. The van der Waals surface area contributed by atoms with Gasteiger partial charge in [0.2, 0.25) is 0 Å². The van der Waals surface area contributed by atoms with Gasteiger partial charge in [-0.3, -0.25) is 0 Å². The summed E-state index contributed by atoms with van der Waals surface area (Å²) in [5, 5.41) is 2.46. The van der Waals surface area contributed by atoms with E-state index in [1.165, 1.54) is 0 Å². The number of hydrogen-bond donors (Lipinski definition) is 1. The molecule has 1 aromatic rings. The molecular formula is C12H16ClF2NO2S. The highest BCUT2D eigenvalue weighted by molar-refractivity contribution is 7.92. The van der Waals surface area contributed by atoms with E-state index in [9.17, 15) is 17.2 Å². The molecule has 0 atom stereocenters. The maximum atomic E-state index is 13.4. The molecule has 108 valence electrons. The SMILES string of the molecule is CC(C)(C)S(=O)(=O)CCNc1c(F)cc(F)cc1Cl. The molecule has 3 nitrogen and oxygen atoms in total. The molecule has 0 radical (unpaired) electrons. The Balaban J connectivity index is 2.75. The number of anilines is 1. The second-order valence-electron chi connectivity index (χ2n) is 5.10. The third-order valence-corrected chi connectivity index (χ3v) is 5.52. The minimum Gasteiger partial charge on any atom is -0.380 e. The van der Waals surface area contributed by atoms with Crippen LogP contribution in [0, 0.1) is 11.6 Å². The average Bonchev–Trinajstić information content (AvgIpc) is 2.20. The van der Waals surface area contributed by atoms with E-state index < -0.39 is 26.2 Å². The van der Waals surface area contributed by atoms with Gasteiger partial charge < -0.3 is 5.32 Å². The second kappa shape index (κ2) is 5.63. The van der Waals surface area contributed by atoms with Crippen molar-refractivity contribution in [2.75, 3.05) is 17.6 Å². The highest BCUT2D eigenvalue weighted by Gasteiger charge is 2.28. The maximum Gasteiger partial charge on any atom is 0.156 e. The van der Waals surface area contributed by atoms with Gasteiger partial charge in [0.05, 0.1) is 21.2 Å². The van der Waals surface area contributed by atoms with Crippen LogP contribution in [0.5, 0.6) is 0 Å². The summed E-state index contributed by atoms with van der Waals surface area (Å²) < 4.78 is 49.1. The Morgan fingerprint density at radius 1 is 1.26 bits per heavy atom. The van der Waals surface area contributed by atoms with Crippen LogP contribution in [-0.4, -0.2) is 25.5 Å². The van der Waals surface area contributed by atoms with Crippen LogP contribution in [0.15, 0.2) is 12.1 Å². The number of nitrogens with one attached hydrogen (secondary N) is 1. The van der Waals surface area contributed by atoms with Crippen molar-refractivity contribution in [1.82, 2.24) is 0 Å². The van der Waals surface area contributed by atoms with Crippen molar-refractivity contribution in [2.24, 2.45) is 0 Å². The molecule has 19 heavy (non-hydrogen) atoms. The molecule has 0 aliphatic rings. The van der Waals surface area contributed by atoms with Gasteiger partial charge in [-0.1, -0.05) is 11.6 Å². The summed E-state index contributed by atoms with van der Waals surface area (Å²) in [5.41, 5.74) is -0.0906. The minimum atomic E-state index is -3.30. The summed E-state index contributed by atoms with van der Waals surface area (Å²) in [7, 11) is -3.30. The van der Waals surface area contributed by atoms with E-state index >= 15 is 0 Å². The van der Waals surface area contributed by atoms with Crippen LogP contribution in [0.1, 0.15) is 20.8 Å². The Hall–Kier alpha value is -0.880. The molecule has 1 rings (SSSR count). The van der Waals surface area contributed by atoms with Crippen LogP contribution in [0.25, 0.3) is 0 Å². The van der Waals surface area contributed by atoms with E-state index in [-0.39, 0.29) is 23.0 Å². The van der Waals surface area contributed by atoms with Gasteiger partial charge in [-0.25, -0.2) is 17.2 Å². The van der Waals surface area contributed by atoms with Crippen molar-refractivity contribution in [2.45, 2.75) is 25.5 Å². The van der Waals surface area contributed by atoms with E-state index in [4.69, 9.17) is 11.6 Å². The van der Waals surface area contributed by atoms with Gasteiger partial charge in [0.1, 0.15) is 5.82 Å². The lowest BCUT2D eigenvalue weighted by Gasteiger charge is -2.19. The number of benzene rings is 1. The van der Waals surface area contributed by atoms with Gasteiger partial charge in [-0.2, -0.15) is 0 Å². The predicted octanol–water partition coefficient (Wildman–Crippen LogP) is 3.24. The van der Waals surface area contributed by atoms with E-state index in [0.29, 0.717) is 6.07 Å². The Kier molecular flexibility index (Phi) is 4.79. The van der Waals surface area contributed by atoms with Crippen LogP contribution in [0.4, 0.5) is 14.5 Å². The van der Waals surface area contributed by atoms with Gasteiger partial charge >= 0.3 is 0 Å². The average molecular weight is 312 g/mol. The Labute approximate surface area is 116 Å². The lowest BCUT2D eigenvalue weighted by molar-refractivity contribution is 0.560. The molecule has 0 aliphatic carbocycles. The summed E-state index contributed by atoms with van der Waals surface area (Å²) in [6.07, 6.45) is 0. The number of hydrogen-bond acceptors (Lipinski definition) is 3. The van der Waals surface area contributed by atoms with E-state index in [1.54, 1.807) is 20.8 Å². The zero-order valence-electron chi connectivity index (χ0n) is 10.9. The molecule has 0 unspecified atom stereocenters. The molecule has 0 saturated heterocycles. The van der Waals surface area contributed by atoms with E-state index in [1.807, 2.05) is 0 Å². The molecule has 0 aliphatic heterocycles. The largest absolute Gasteiger partial charge is 0.380 e. The van der Waals surface area contributed by atoms with Crippen LogP contribution in [-0.2, 0) is 9.84 Å². The van der Waals surface area contributed by atoms with Gasteiger partial charge in [0, 0.05) is 12.6 Å². The fourth-order valence-corrected chi connectivity index (χ4v) is 2.57. The summed E-state index contributed by atoms with van der Waals surface area (Å²) in [4.78, 5) is 0. The van der Waals surface area contributed by atoms with Gasteiger partial charge in [-0.15, -0.1) is 0 Å². The molecule has 0 amide bonds. The lowest BCUT2D eigenvalue weighted by atomic mass is 10.3. The molecule has 0 spiro atoms. The minimum absolute atomic E-state index is 0.00186. The third kappa shape index (κ3) is 4.04. The first-order chi connectivity index (χ1) is 8.54. The molecule has 0 bridgehead atoms. The quantitative estimate of drug-likeness (QED) is 0.928. The van der Waals surface area contributed by atoms with Crippen LogP contribution >= 0.6 is 11.6 Å². The predicted molar refractivity (Wildman–Crippen MR) is 73.4 cm³/mol. The summed E-state index contributed by atoms with van der Waals surface area (Å²) in [6, 6.07) is 1.65. The smallest absolute Gasteiger partial charge is 0.156 e.